The van der Waals surface area contributed by atoms with Crippen LogP contribution in [0.5, 0.6) is 0 Å². The van der Waals surface area contributed by atoms with E-state index in [1.54, 1.807) is 0 Å². The molecule has 1 heterocycles. The normalized spacial score (nSPS) is 23.9. The lowest BCUT2D eigenvalue weighted by molar-refractivity contribution is -0.128. The van der Waals surface area contributed by atoms with Crippen LogP contribution in [0.25, 0.3) is 0 Å². The van der Waals surface area contributed by atoms with Gasteiger partial charge in [-0.15, -0.1) is 0 Å². The average molecular weight is 198 g/mol. The number of nitrogens with one attached hydrogen (secondary N) is 1. The van der Waals surface area contributed by atoms with Crippen LogP contribution in [0.1, 0.15) is 27.2 Å². The van der Waals surface area contributed by atoms with E-state index >= 15 is 0 Å². The van der Waals surface area contributed by atoms with Gasteiger partial charge in [0, 0.05) is 18.5 Å². The lowest BCUT2D eigenvalue weighted by atomic mass is 9.95. The van der Waals surface area contributed by atoms with Crippen molar-refractivity contribution in [3.63, 3.8) is 0 Å². The summed E-state index contributed by atoms with van der Waals surface area (Å²) in [6.45, 7) is 8.95. The minimum atomic E-state index is -0.259. The van der Waals surface area contributed by atoms with Gasteiger partial charge in [0.2, 0.25) is 5.91 Å². The fourth-order valence-corrected chi connectivity index (χ4v) is 1.70. The first kappa shape index (κ1) is 11.5. The molecule has 0 aliphatic carbocycles. The highest BCUT2D eigenvalue weighted by molar-refractivity contribution is 5.81. The summed E-state index contributed by atoms with van der Waals surface area (Å²) in [7, 11) is 2.13. The molecule has 1 atom stereocenters. The molecule has 0 aromatic carbocycles. The highest BCUT2D eigenvalue weighted by atomic mass is 16.2. The molecular formula is C11H22N2O. The highest BCUT2D eigenvalue weighted by Crippen LogP contribution is 2.15. The van der Waals surface area contributed by atoms with Crippen LogP contribution in [0.4, 0.5) is 0 Å². The Morgan fingerprint density at radius 1 is 1.50 bits per heavy atom. The summed E-state index contributed by atoms with van der Waals surface area (Å²) in [5.41, 5.74) is -0.259. The van der Waals surface area contributed by atoms with Crippen LogP contribution < -0.4 is 5.32 Å². The molecule has 0 saturated carbocycles. The summed E-state index contributed by atoms with van der Waals surface area (Å²) in [5.74, 6) is 0.804. The smallest absolute Gasteiger partial charge is 0.225 e. The van der Waals surface area contributed by atoms with Crippen molar-refractivity contribution in [3.05, 3.63) is 0 Å². The number of likely N-dealkylation sites (tertiary alicyclic amines) is 1. The standard InChI is InChI=1S/C11H22N2O/c1-11(2,3)10(14)12-7-9-5-6-13(4)8-9/h9H,5-8H2,1-4H3,(H,12,14). The van der Waals surface area contributed by atoms with Crippen LogP contribution in [0, 0.1) is 11.3 Å². The molecule has 1 unspecified atom stereocenters. The third-order valence-corrected chi connectivity index (χ3v) is 2.72. The second-order valence-corrected chi connectivity index (χ2v) is 5.38. The molecule has 1 fully saturated rings. The molecule has 0 aromatic rings. The van der Waals surface area contributed by atoms with Gasteiger partial charge < -0.3 is 10.2 Å². The molecule has 1 aliphatic rings. The van der Waals surface area contributed by atoms with Crippen molar-refractivity contribution in [2.45, 2.75) is 27.2 Å². The Kier molecular flexibility index (Phi) is 3.53. The molecule has 0 radical (unpaired) electrons. The van der Waals surface area contributed by atoms with E-state index in [4.69, 9.17) is 0 Å². The maximum atomic E-state index is 11.6. The van der Waals surface area contributed by atoms with Gasteiger partial charge >= 0.3 is 0 Å². The van der Waals surface area contributed by atoms with Gasteiger partial charge in [0.15, 0.2) is 0 Å². The van der Waals surface area contributed by atoms with Crippen LogP contribution in [0.15, 0.2) is 0 Å². The van der Waals surface area contributed by atoms with Crippen molar-refractivity contribution in [1.82, 2.24) is 10.2 Å². The highest BCUT2D eigenvalue weighted by Gasteiger charge is 2.24. The predicted octanol–water partition coefficient (Wildman–Crippen LogP) is 1.10. The number of hydrogen-bond donors (Lipinski definition) is 1. The van der Waals surface area contributed by atoms with Gasteiger partial charge in [-0.25, -0.2) is 0 Å². The van der Waals surface area contributed by atoms with E-state index in [1.165, 1.54) is 6.42 Å². The van der Waals surface area contributed by atoms with Crippen molar-refractivity contribution in [3.8, 4) is 0 Å². The summed E-state index contributed by atoms with van der Waals surface area (Å²) in [4.78, 5) is 13.9. The van der Waals surface area contributed by atoms with E-state index in [1.807, 2.05) is 20.8 Å². The lowest BCUT2D eigenvalue weighted by Gasteiger charge is -2.19. The molecule has 1 amide bonds. The van der Waals surface area contributed by atoms with Crippen LogP contribution in [0.3, 0.4) is 0 Å². The largest absolute Gasteiger partial charge is 0.355 e. The molecule has 3 nitrogen and oxygen atoms in total. The molecule has 14 heavy (non-hydrogen) atoms. The molecule has 1 aliphatic heterocycles. The first-order chi connectivity index (χ1) is 6.39. The zero-order chi connectivity index (χ0) is 10.8. The van der Waals surface area contributed by atoms with Gasteiger partial charge in [0.25, 0.3) is 0 Å². The van der Waals surface area contributed by atoms with Crippen molar-refractivity contribution in [2.24, 2.45) is 11.3 Å². The maximum absolute atomic E-state index is 11.6. The van der Waals surface area contributed by atoms with E-state index in [9.17, 15) is 4.79 Å². The summed E-state index contributed by atoms with van der Waals surface area (Å²) in [6.07, 6.45) is 1.21. The van der Waals surface area contributed by atoms with Crippen molar-refractivity contribution >= 4 is 5.91 Å². The Morgan fingerprint density at radius 3 is 2.57 bits per heavy atom. The molecule has 0 spiro atoms. The number of nitrogens with zero attached hydrogens (tertiary/aromatic N) is 1. The minimum Gasteiger partial charge on any atom is -0.355 e. The Balaban J connectivity index is 2.24. The summed E-state index contributed by atoms with van der Waals surface area (Å²) < 4.78 is 0. The SMILES string of the molecule is CN1CCC(CNC(=O)C(C)(C)C)C1. The van der Waals surface area contributed by atoms with E-state index in [-0.39, 0.29) is 11.3 Å². The Bertz CT molecular complexity index is 208. The van der Waals surface area contributed by atoms with E-state index in [0.717, 1.165) is 19.6 Å². The van der Waals surface area contributed by atoms with Crippen LogP contribution in [-0.4, -0.2) is 37.5 Å². The van der Waals surface area contributed by atoms with Crippen molar-refractivity contribution in [1.29, 1.82) is 0 Å². The molecular weight excluding hydrogens is 176 g/mol. The first-order valence-corrected chi connectivity index (χ1v) is 5.36. The molecule has 0 aromatic heterocycles. The number of carbonyl (C=O) groups is 1. The second-order valence-electron chi connectivity index (χ2n) is 5.38. The zero-order valence-electron chi connectivity index (χ0n) is 9.76. The number of hydrogen-bond acceptors (Lipinski definition) is 2. The molecule has 82 valence electrons. The first-order valence-electron chi connectivity index (χ1n) is 5.36. The van der Waals surface area contributed by atoms with Gasteiger partial charge in [-0.2, -0.15) is 0 Å². The Morgan fingerprint density at radius 2 is 2.14 bits per heavy atom. The second kappa shape index (κ2) is 4.30. The van der Waals surface area contributed by atoms with Crippen LogP contribution in [0.2, 0.25) is 0 Å². The summed E-state index contributed by atoms with van der Waals surface area (Å²) in [5, 5.41) is 3.02. The molecule has 3 heteroatoms. The van der Waals surface area contributed by atoms with E-state index < -0.39 is 0 Å². The van der Waals surface area contributed by atoms with Gasteiger partial charge in [-0.05, 0) is 25.9 Å². The average Bonchev–Trinajstić information content (AvgIpc) is 2.45. The van der Waals surface area contributed by atoms with Crippen LogP contribution >= 0.6 is 0 Å². The quantitative estimate of drug-likeness (QED) is 0.720. The Labute approximate surface area is 86.9 Å². The van der Waals surface area contributed by atoms with Crippen molar-refractivity contribution in [2.75, 3.05) is 26.7 Å². The van der Waals surface area contributed by atoms with Gasteiger partial charge in [0.1, 0.15) is 0 Å². The molecule has 1 rings (SSSR count). The molecule has 1 N–H and O–H groups in total. The zero-order valence-corrected chi connectivity index (χ0v) is 9.76. The van der Waals surface area contributed by atoms with E-state index in [2.05, 4.69) is 17.3 Å². The molecule has 0 bridgehead atoms. The topological polar surface area (TPSA) is 32.3 Å². The monoisotopic (exact) mass is 198 g/mol. The predicted molar refractivity (Wildman–Crippen MR) is 58.1 cm³/mol. The number of amides is 1. The maximum Gasteiger partial charge on any atom is 0.225 e. The number of rotatable bonds is 2. The summed E-state index contributed by atoms with van der Waals surface area (Å²) in [6, 6.07) is 0. The number of carbonyl (C=O) groups excluding carboxylic acids is 1. The third-order valence-electron chi connectivity index (χ3n) is 2.72. The fourth-order valence-electron chi connectivity index (χ4n) is 1.70. The summed E-state index contributed by atoms with van der Waals surface area (Å²) >= 11 is 0. The third kappa shape index (κ3) is 3.29. The minimum absolute atomic E-state index is 0.159. The van der Waals surface area contributed by atoms with E-state index in [0.29, 0.717) is 5.92 Å². The van der Waals surface area contributed by atoms with Crippen molar-refractivity contribution < 1.29 is 4.79 Å². The van der Waals surface area contributed by atoms with Crippen LogP contribution in [-0.2, 0) is 4.79 Å². The van der Waals surface area contributed by atoms with Gasteiger partial charge in [-0.3, -0.25) is 4.79 Å². The molecule has 1 saturated heterocycles. The lowest BCUT2D eigenvalue weighted by Crippen LogP contribution is -2.38. The van der Waals surface area contributed by atoms with Gasteiger partial charge in [0.05, 0.1) is 0 Å². The fraction of sp³-hybridized carbons (Fsp3) is 0.909. The van der Waals surface area contributed by atoms with Gasteiger partial charge in [-0.1, -0.05) is 20.8 Å². The Hall–Kier alpha value is -0.570.